The zero-order valence-electron chi connectivity index (χ0n) is 14.2. The summed E-state index contributed by atoms with van der Waals surface area (Å²) in [6.45, 7) is -2.98. The van der Waals surface area contributed by atoms with Gasteiger partial charge in [-0.3, -0.25) is 15.0 Å². The lowest BCUT2D eigenvalue weighted by atomic mass is 10.2. The van der Waals surface area contributed by atoms with Crippen molar-refractivity contribution in [3.05, 3.63) is 51.1 Å². The van der Waals surface area contributed by atoms with Crippen LogP contribution in [0.4, 0.5) is 8.78 Å². The molecule has 28 heavy (non-hydrogen) atoms. The van der Waals surface area contributed by atoms with E-state index < -0.39 is 18.4 Å². The number of carbonyl (C=O) groups is 2. The van der Waals surface area contributed by atoms with Crippen molar-refractivity contribution in [3.63, 3.8) is 0 Å². The minimum Gasteiger partial charge on any atom is -0.493 e. The lowest BCUT2D eigenvalue weighted by molar-refractivity contribution is -0.123. The minimum absolute atomic E-state index is 0.0931. The van der Waals surface area contributed by atoms with Gasteiger partial charge < -0.3 is 9.47 Å². The lowest BCUT2D eigenvalue weighted by Crippen LogP contribution is -2.44. The Morgan fingerprint density at radius 2 is 2.11 bits per heavy atom. The number of ether oxygens (including phenoxy) is 2. The maximum atomic E-state index is 12.6. The number of methoxy groups -OCH3 is 1. The number of hydrogen-bond donors (Lipinski definition) is 1. The molecule has 146 valence electrons. The number of amides is 2. The van der Waals surface area contributed by atoms with E-state index in [9.17, 15) is 18.4 Å². The normalized spacial score (nSPS) is 15.4. The average Bonchev–Trinajstić information content (AvgIpc) is 3.27. The highest BCUT2D eigenvalue weighted by atomic mass is 32.2. The number of halogens is 2. The van der Waals surface area contributed by atoms with Gasteiger partial charge in [0.05, 0.1) is 16.9 Å². The Morgan fingerprint density at radius 3 is 2.75 bits per heavy atom. The highest BCUT2D eigenvalue weighted by Crippen LogP contribution is 2.34. The standard InChI is InChI=1S/C17H12F2N2O4S3/c1-24-11-7-9(4-5-10(11)25-16(18)19)8-13-15(23)21(17(26)28-13)20-14(22)12-3-2-6-27-12/h2-8,16H,1H3,(H,20,22)/b13-8-. The zero-order valence-corrected chi connectivity index (χ0v) is 16.6. The van der Waals surface area contributed by atoms with Crippen LogP contribution in [-0.2, 0) is 4.79 Å². The van der Waals surface area contributed by atoms with Gasteiger partial charge in [-0.15, -0.1) is 11.3 Å². The molecule has 2 heterocycles. The number of carbonyl (C=O) groups excluding carboxylic acids is 2. The van der Waals surface area contributed by atoms with Gasteiger partial charge >= 0.3 is 6.61 Å². The minimum atomic E-state index is -2.98. The highest BCUT2D eigenvalue weighted by molar-refractivity contribution is 8.26. The number of thiocarbonyl (C=S) groups is 1. The maximum absolute atomic E-state index is 12.6. The van der Waals surface area contributed by atoms with Gasteiger partial charge in [-0.2, -0.15) is 13.8 Å². The Kier molecular flexibility index (Phi) is 6.27. The molecular formula is C17H12F2N2O4S3. The van der Waals surface area contributed by atoms with Crippen LogP contribution in [0.5, 0.6) is 11.5 Å². The van der Waals surface area contributed by atoms with Crippen molar-refractivity contribution in [1.29, 1.82) is 0 Å². The summed E-state index contributed by atoms with van der Waals surface area (Å²) in [7, 11) is 1.32. The van der Waals surface area contributed by atoms with Crippen LogP contribution in [0.2, 0.25) is 0 Å². The number of benzene rings is 1. The van der Waals surface area contributed by atoms with E-state index in [1.165, 1.54) is 42.7 Å². The van der Waals surface area contributed by atoms with Crippen LogP contribution in [-0.4, -0.2) is 34.9 Å². The van der Waals surface area contributed by atoms with Gasteiger partial charge in [0.2, 0.25) is 0 Å². The molecule has 1 aromatic carbocycles. The van der Waals surface area contributed by atoms with E-state index in [0.717, 1.165) is 16.8 Å². The van der Waals surface area contributed by atoms with Gasteiger partial charge in [-0.05, 0) is 47.4 Å². The Labute approximate surface area is 172 Å². The monoisotopic (exact) mass is 442 g/mol. The molecule has 0 spiro atoms. The maximum Gasteiger partial charge on any atom is 0.387 e. The van der Waals surface area contributed by atoms with E-state index in [1.54, 1.807) is 17.5 Å². The van der Waals surface area contributed by atoms with Gasteiger partial charge in [0.15, 0.2) is 15.8 Å². The van der Waals surface area contributed by atoms with Crippen LogP contribution in [0, 0.1) is 0 Å². The van der Waals surface area contributed by atoms with Gasteiger partial charge in [0, 0.05) is 0 Å². The first-order chi connectivity index (χ1) is 13.4. The zero-order chi connectivity index (χ0) is 20.3. The summed E-state index contributed by atoms with van der Waals surface area (Å²) in [5.74, 6) is -0.963. The number of rotatable bonds is 6. The molecule has 1 saturated heterocycles. The van der Waals surface area contributed by atoms with Crippen molar-refractivity contribution >= 4 is 57.5 Å². The molecule has 6 nitrogen and oxygen atoms in total. The van der Waals surface area contributed by atoms with Gasteiger partial charge in [0.1, 0.15) is 0 Å². The molecule has 11 heteroatoms. The molecule has 0 saturated carbocycles. The molecule has 2 aromatic rings. The fraction of sp³-hybridized carbons (Fsp3) is 0.118. The topological polar surface area (TPSA) is 67.9 Å². The van der Waals surface area contributed by atoms with E-state index in [0.29, 0.717) is 10.4 Å². The summed E-state index contributed by atoms with van der Waals surface area (Å²) in [6.07, 6.45) is 1.52. The molecule has 1 N–H and O–H groups in total. The Morgan fingerprint density at radius 1 is 1.32 bits per heavy atom. The van der Waals surface area contributed by atoms with Crippen molar-refractivity contribution in [2.45, 2.75) is 6.61 Å². The number of thioether (sulfide) groups is 1. The Bertz CT molecular complexity index is 948. The summed E-state index contributed by atoms with van der Waals surface area (Å²) in [5, 5.41) is 2.74. The molecule has 1 aliphatic heterocycles. The molecule has 1 aliphatic rings. The highest BCUT2D eigenvalue weighted by Gasteiger charge is 2.34. The van der Waals surface area contributed by atoms with Crippen molar-refractivity contribution in [2.75, 3.05) is 7.11 Å². The van der Waals surface area contributed by atoms with E-state index in [2.05, 4.69) is 10.2 Å². The second-order valence-electron chi connectivity index (χ2n) is 5.22. The third-order valence-electron chi connectivity index (χ3n) is 3.45. The first-order valence-electron chi connectivity index (χ1n) is 7.64. The Balaban J connectivity index is 1.78. The summed E-state index contributed by atoms with van der Waals surface area (Å²) >= 11 is 7.41. The van der Waals surface area contributed by atoms with Crippen molar-refractivity contribution in [3.8, 4) is 11.5 Å². The molecule has 0 unspecified atom stereocenters. The van der Waals surface area contributed by atoms with Crippen LogP contribution in [0.3, 0.4) is 0 Å². The van der Waals surface area contributed by atoms with E-state index in [4.69, 9.17) is 17.0 Å². The van der Waals surface area contributed by atoms with Crippen LogP contribution < -0.4 is 14.9 Å². The van der Waals surface area contributed by atoms with E-state index >= 15 is 0 Å². The quantitative estimate of drug-likeness (QED) is 0.541. The molecule has 1 aromatic heterocycles. The summed E-state index contributed by atoms with van der Waals surface area (Å²) in [4.78, 5) is 25.4. The fourth-order valence-electron chi connectivity index (χ4n) is 2.25. The lowest BCUT2D eigenvalue weighted by Gasteiger charge is -2.14. The van der Waals surface area contributed by atoms with Crippen LogP contribution in [0.25, 0.3) is 6.08 Å². The predicted octanol–water partition coefficient (Wildman–Crippen LogP) is 3.90. The third kappa shape index (κ3) is 4.49. The first-order valence-corrected chi connectivity index (χ1v) is 9.75. The summed E-state index contributed by atoms with van der Waals surface area (Å²) < 4.78 is 34.4. The van der Waals surface area contributed by atoms with Gasteiger partial charge in [0.25, 0.3) is 11.8 Å². The van der Waals surface area contributed by atoms with E-state index in [-0.39, 0.29) is 20.7 Å². The van der Waals surface area contributed by atoms with Gasteiger partial charge in [-0.25, -0.2) is 0 Å². The van der Waals surface area contributed by atoms with Crippen molar-refractivity contribution in [1.82, 2.24) is 10.4 Å². The SMILES string of the molecule is COc1cc(/C=C2\SC(=S)N(NC(=O)c3cccs3)C2=O)ccc1OC(F)F. The third-order valence-corrected chi connectivity index (χ3v) is 5.62. The molecule has 2 amide bonds. The molecular weight excluding hydrogens is 430 g/mol. The number of hydrazine groups is 1. The molecule has 3 rings (SSSR count). The van der Waals surface area contributed by atoms with Crippen molar-refractivity contribution < 1.29 is 27.8 Å². The number of hydrogen-bond acceptors (Lipinski definition) is 7. The molecule has 0 radical (unpaired) electrons. The van der Waals surface area contributed by atoms with Crippen LogP contribution in [0.1, 0.15) is 15.2 Å². The number of alkyl halides is 2. The van der Waals surface area contributed by atoms with E-state index in [1.807, 2.05) is 0 Å². The van der Waals surface area contributed by atoms with Crippen molar-refractivity contribution in [2.24, 2.45) is 0 Å². The number of nitrogens with zero attached hydrogens (tertiary/aromatic N) is 1. The second-order valence-corrected chi connectivity index (χ2v) is 7.85. The fourth-order valence-corrected chi connectivity index (χ4v) is 4.04. The second kappa shape index (κ2) is 8.67. The predicted molar refractivity (Wildman–Crippen MR) is 106 cm³/mol. The number of nitrogens with one attached hydrogen (secondary N) is 1. The van der Waals surface area contributed by atoms with Gasteiger partial charge in [-0.1, -0.05) is 23.9 Å². The smallest absolute Gasteiger partial charge is 0.387 e. The molecule has 1 fully saturated rings. The van der Waals surface area contributed by atoms with Crippen LogP contribution in [0.15, 0.2) is 40.6 Å². The summed E-state index contributed by atoms with van der Waals surface area (Å²) in [5.41, 5.74) is 2.99. The Hall–Kier alpha value is -2.50. The molecule has 0 aliphatic carbocycles. The molecule has 0 atom stereocenters. The average molecular weight is 442 g/mol. The molecule has 0 bridgehead atoms. The number of thiophene rings is 1. The first kappa shape index (κ1) is 20.2. The summed E-state index contributed by atoms with van der Waals surface area (Å²) in [6, 6.07) is 7.61. The largest absolute Gasteiger partial charge is 0.493 e. The van der Waals surface area contributed by atoms with Crippen LogP contribution >= 0.6 is 35.3 Å².